The zero-order valence-electron chi connectivity index (χ0n) is 9.96. The molecule has 100 valence electrons. The van der Waals surface area contributed by atoms with Gasteiger partial charge in [0.2, 0.25) is 0 Å². The van der Waals surface area contributed by atoms with Gasteiger partial charge in [-0.25, -0.2) is 13.4 Å². The zero-order chi connectivity index (χ0) is 14.0. The van der Waals surface area contributed by atoms with Crippen LogP contribution in [0.25, 0.3) is 0 Å². The normalized spacial score (nSPS) is 11.3. The number of anilines is 2. The molecule has 2 rings (SSSR count). The largest absolute Gasteiger partial charge is 0.397 e. The third-order valence-corrected chi connectivity index (χ3v) is 4.06. The van der Waals surface area contributed by atoms with Crippen LogP contribution in [0.1, 0.15) is 5.56 Å². The van der Waals surface area contributed by atoms with Crippen molar-refractivity contribution < 1.29 is 8.42 Å². The minimum atomic E-state index is -3.72. The topological polar surface area (TPSA) is 98.0 Å². The first-order valence-corrected chi connectivity index (χ1v) is 7.51. The van der Waals surface area contributed by atoms with Crippen LogP contribution in [-0.4, -0.2) is 18.4 Å². The second-order valence-corrected chi connectivity index (χ2v) is 6.48. The number of rotatable bonds is 3. The van der Waals surface area contributed by atoms with E-state index >= 15 is 0 Å². The van der Waals surface area contributed by atoms with Gasteiger partial charge < -0.3 is 5.73 Å². The maximum Gasteiger partial charge on any atom is 0.264 e. The Kier molecular flexibility index (Phi) is 3.72. The average molecular weight is 343 g/mol. The van der Waals surface area contributed by atoms with Gasteiger partial charge in [-0.2, -0.15) is 0 Å². The number of halogens is 1. The fourth-order valence-electron chi connectivity index (χ4n) is 1.43. The van der Waals surface area contributed by atoms with Crippen molar-refractivity contribution in [1.29, 1.82) is 0 Å². The van der Waals surface area contributed by atoms with Crippen molar-refractivity contribution in [1.82, 2.24) is 9.97 Å². The number of nitrogens with two attached hydrogens (primary N) is 1. The van der Waals surface area contributed by atoms with Crippen molar-refractivity contribution in [3.05, 3.63) is 40.8 Å². The molecule has 0 atom stereocenters. The molecule has 0 spiro atoms. The smallest absolute Gasteiger partial charge is 0.264 e. The lowest BCUT2D eigenvalue weighted by molar-refractivity contribution is 0.600. The molecular formula is C11H11BrN4O2S. The molecule has 0 saturated carbocycles. The lowest BCUT2D eigenvalue weighted by Crippen LogP contribution is -2.15. The lowest BCUT2D eigenvalue weighted by Gasteiger charge is -2.09. The molecule has 0 amide bonds. The van der Waals surface area contributed by atoms with Crippen molar-refractivity contribution in [2.24, 2.45) is 0 Å². The molecule has 0 aliphatic rings. The minimum absolute atomic E-state index is 0.0555. The SMILES string of the molecule is Cc1cc(N)cnc1NS(=O)(=O)c1cncc(Br)c1. The van der Waals surface area contributed by atoms with Gasteiger partial charge in [0, 0.05) is 16.9 Å². The van der Waals surface area contributed by atoms with E-state index in [1.165, 1.54) is 24.7 Å². The van der Waals surface area contributed by atoms with Crippen molar-refractivity contribution in [2.75, 3.05) is 10.5 Å². The summed E-state index contributed by atoms with van der Waals surface area (Å²) in [4.78, 5) is 7.84. The molecule has 2 aromatic rings. The highest BCUT2D eigenvalue weighted by Crippen LogP contribution is 2.20. The Hall–Kier alpha value is -1.67. The van der Waals surface area contributed by atoms with E-state index < -0.39 is 10.0 Å². The van der Waals surface area contributed by atoms with Gasteiger partial charge in [0.05, 0.1) is 11.9 Å². The van der Waals surface area contributed by atoms with Gasteiger partial charge in [-0.15, -0.1) is 0 Å². The maximum atomic E-state index is 12.1. The third kappa shape index (κ3) is 3.21. The van der Waals surface area contributed by atoms with E-state index in [9.17, 15) is 8.42 Å². The molecule has 0 aliphatic heterocycles. The number of hydrogen-bond donors (Lipinski definition) is 2. The Morgan fingerprint density at radius 3 is 2.63 bits per heavy atom. The standard InChI is InChI=1S/C11H11BrN4O2S/c1-7-2-9(13)5-15-11(7)16-19(17,18)10-3-8(12)4-14-6-10/h2-6H,13H2,1H3,(H,15,16). The van der Waals surface area contributed by atoms with Crippen molar-refractivity contribution in [2.45, 2.75) is 11.8 Å². The average Bonchev–Trinajstić information content (AvgIpc) is 2.33. The number of nitrogens with zero attached hydrogens (tertiary/aromatic N) is 2. The van der Waals surface area contributed by atoms with E-state index in [1.807, 2.05) is 0 Å². The lowest BCUT2D eigenvalue weighted by atomic mass is 10.3. The summed E-state index contributed by atoms with van der Waals surface area (Å²) in [5, 5.41) is 0. The number of aryl methyl sites for hydroxylation is 1. The van der Waals surface area contributed by atoms with E-state index in [1.54, 1.807) is 13.0 Å². The Labute approximate surface area is 119 Å². The molecule has 0 unspecified atom stereocenters. The molecule has 0 saturated heterocycles. The highest BCUT2D eigenvalue weighted by molar-refractivity contribution is 9.10. The number of aromatic nitrogens is 2. The van der Waals surface area contributed by atoms with E-state index in [2.05, 4.69) is 30.6 Å². The molecule has 0 bridgehead atoms. The van der Waals surface area contributed by atoms with Crippen LogP contribution in [0.3, 0.4) is 0 Å². The summed E-state index contributed by atoms with van der Waals surface area (Å²) in [7, 11) is -3.72. The Bertz CT molecular complexity index is 718. The molecule has 6 nitrogen and oxygen atoms in total. The van der Waals surface area contributed by atoms with Gasteiger partial charge in [0.15, 0.2) is 0 Å². The van der Waals surface area contributed by atoms with E-state index in [0.717, 1.165) is 0 Å². The summed E-state index contributed by atoms with van der Waals surface area (Å²) in [5.41, 5.74) is 6.69. The van der Waals surface area contributed by atoms with Crippen molar-refractivity contribution in [3.63, 3.8) is 0 Å². The molecule has 3 N–H and O–H groups in total. The summed E-state index contributed by atoms with van der Waals surface area (Å²) in [6.07, 6.45) is 4.16. The van der Waals surface area contributed by atoms with Crippen LogP contribution >= 0.6 is 15.9 Å². The monoisotopic (exact) mass is 342 g/mol. The van der Waals surface area contributed by atoms with Crippen molar-refractivity contribution in [3.8, 4) is 0 Å². The molecular weight excluding hydrogens is 332 g/mol. The number of hydrogen-bond acceptors (Lipinski definition) is 5. The fourth-order valence-corrected chi connectivity index (χ4v) is 3.01. The van der Waals surface area contributed by atoms with Crippen LogP contribution in [0.15, 0.2) is 40.1 Å². The predicted octanol–water partition coefficient (Wildman–Crippen LogP) is 1.93. The van der Waals surface area contributed by atoms with E-state index in [0.29, 0.717) is 15.7 Å². The molecule has 2 heterocycles. The summed E-state index contributed by atoms with van der Waals surface area (Å²) in [6.45, 7) is 1.72. The summed E-state index contributed by atoms with van der Waals surface area (Å²) >= 11 is 3.18. The van der Waals surface area contributed by atoms with Crippen LogP contribution in [0, 0.1) is 6.92 Å². The number of pyridine rings is 2. The van der Waals surface area contributed by atoms with Crippen LogP contribution in [0.5, 0.6) is 0 Å². The third-order valence-electron chi connectivity index (χ3n) is 2.32. The Balaban J connectivity index is 2.36. The first-order chi connectivity index (χ1) is 8.88. The van der Waals surface area contributed by atoms with Gasteiger partial charge in [-0.1, -0.05) is 0 Å². The Morgan fingerprint density at radius 2 is 2.00 bits per heavy atom. The fraction of sp³-hybridized carbons (Fsp3) is 0.0909. The van der Waals surface area contributed by atoms with E-state index in [4.69, 9.17) is 5.73 Å². The van der Waals surface area contributed by atoms with Gasteiger partial charge in [0.25, 0.3) is 10.0 Å². The molecule has 2 aromatic heterocycles. The zero-order valence-corrected chi connectivity index (χ0v) is 12.4. The highest BCUT2D eigenvalue weighted by Gasteiger charge is 2.16. The van der Waals surface area contributed by atoms with Gasteiger partial charge in [0.1, 0.15) is 10.7 Å². The number of nitrogens with one attached hydrogen (secondary N) is 1. The highest BCUT2D eigenvalue weighted by atomic mass is 79.9. The molecule has 8 heteroatoms. The van der Waals surface area contributed by atoms with Gasteiger partial charge in [-0.05, 0) is 40.5 Å². The molecule has 19 heavy (non-hydrogen) atoms. The predicted molar refractivity (Wildman–Crippen MR) is 76.1 cm³/mol. The second kappa shape index (κ2) is 5.14. The molecule has 0 radical (unpaired) electrons. The van der Waals surface area contributed by atoms with Crippen LogP contribution in [0.4, 0.5) is 11.5 Å². The number of sulfonamides is 1. The van der Waals surface area contributed by atoms with Gasteiger partial charge in [-0.3, -0.25) is 9.71 Å². The quantitative estimate of drug-likeness (QED) is 0.887. The van der Waals surface area contributed by atoms with Gasteiger partial charge >= 0.3 is 0 Å². The summed E-state index contributed by atoms with van der Waals surface area (Å²) < 4.78 is 27.3. The maximum absolute atomic E-state index is 12.1. The minimum Gasteiger partial charge on any atom is -0.397 e. The first kappa shape index (κ1) is 13.8. The van der Waals surface area contributed by atoms with Crippen LogP contribution < -0.4 is 10.5 Å². The molecule has 0 aromatic carbocycles. The molecule has 0 fully saturated rings. The van der Waals surface area contributed by atoms with Crippen LogP contribution in [0.2, 0.25) is 0 Å². The van der Waals surface area contributed by atoms with E-state index in [-0.39, 0.29) is 10.7 Å². The van der Waals surface area contributed by atoms with Crippen LogP contribution in [-0.2, 0) is 10.0 Å². The summed E-state index contributed by atoms with van der Waals surface area (Å²) in [6, 6.07) is 3.10. The Morgan fingerprint density at radius 1 is 1.26 bits per heavy atom. The first-order valence-electron chi connectivity index (χ1n) is 5.24. The summed E-state index contributed by atoms with van der Waals surface area (Å²) in [5.74, 6) is 0.245. The van der Waals surface area contributed by atoms with Crippen molar-refractivity contribution >= 4 is 37.5 Å². The number of nitrogen functional groups attached to an aromatic ring is 1. The molecule has 0 aliphatic carbocycles. The second-order valence-electron chi connectivity index (χ2n) is 3.88.